The zero-order valence-corrected chi connectivity index (χ0v) is 7.01. The minimum absolute atomic E-state index is 0.651. The van der Waals surface area contributed by atoms with Gasteiger partial charge in [0.25, 0.3) is 0 Å². The molecule has 0 unspecified atom stereocenters. The summed E-state index contributed by atoms with van der Waals surface area (Å²) in [6, 6.07) is 0. The molecule has 0 aliphatic heterocycles. The molecule has 0 aromatic carbocycles. The fraction of sp³-hybridized carbons (Fsp3) is 0.857. The molecule has 0 saturated carbocycles. The Balaban J connectivity index is 4.18. The molecular formula is C7H14O5. The van der Waals surface area contributed by atoms with Crippen molar-refractivity contribution < 1.29 is 25.2 Å². The molecule has 0 heterocycles. The number of carbonyl (C=O) groups is 1. The topological polar surface area (TPSA) is 98.0 Å². The lowest BCUT2D eigenvalue weighted by atomic mass is 10.0. The molecule has 0 fully saturated rings. The van der Waals surface area contributed by atoms with Gasteiger partial charge in [-0.1, -0.05) is 0 Å². The van der Waals surface area contributed by atoms with Gasteiger partial charge in [0.15, 0.2) is 5.78 Å². The minimum atomic E-state index is -1.64. The highest BCUT2D eigenvalue weighted by Crippen LogP contribution is 2.05. The third kappa shape index (κ3) is 2.86. The van der Waals surface area contributed by atoms with Crippen molar-refractivity contribution in [2.24, 2.45) is 0 Å². The highest BCUT2D eigenvalue weighted by Gasteiger charge is 2.30. The van der Waals surface area contributed by atoms with Crippen LogP contribution in [0.5, 0.6) is 0 Å². The first-order chi connectivity index (χ1) is 5.37. The highest BCUT2D eigenvalue weighted by atomic mass is 16.4. The monoisotopic (exact) mass is 178 g/mol. The van der Waals surface area contributed by atoms with Crippen LogP contribution >= 0.6 is 0 Å². The molecule has 0 radical (unpaired) electrons. The second kappa shape index (κ2) is 4.51. The number of hydrogen-bond acceptors (Lipinski definition) is 5. The number of aliphatic hydroxyl groups is 4. The van der Waals surface area contributed by atoms with Gasteiger partial charge < -0.3 is 20.4 Å². The van der Waals surface area contributed by atoms with Gasteiger partial charge in [-0.2, -0.15) is 0 Å². The van der Waals surface area contributed by atoms with Gasteiger partial charge in [-0.25, -0.2) is 0 Å². The Morgan fingerprint density at radius 2 is 1.50 bits per heavy atom. The first-order valence-electron chi connectivity index (χ1n) is 3.60. The highest BCUT2D eigenvalue weighted by molar-refractivity contribution is 5.80. The van der Waals surface area contributed by atoms with Crippen molar-refractivity contribution in [1.82, 2.24) is 0 Å². The maximum atomic E-state index is 10.5. The van der Waals surface area contributed by atoms with Crippen LogP contribution in [0.2, 0.25) is 0 Å². The van der Waals surface area contributed by atoms with E-state index >= 15 is 0 Å². The summed E-state index contributed by atoms with van der Waals surface area (Å²) in [6.07, 6.45) is -5.98. The van der Waals surface area contributed by atoms with E-state index in [1.165, 1.54) is 6.92 Å². The zero-order valence-electron chi connectivity index (χ0n) is 7.01. The van der Waals surface area contributed by atoms with E-state index in [1.807, 2.05) is 0 Å². The lowest BCUT2D eigenvalue weighted by Crippen LogP contribution is -2.46. The van der Waals surface area contributed by atoms with Crippen LogP contribution in [0.15, 0.2) is 0 Å². The number of Topliss-reactive ketones (excluding diaryl/α,β-unsaturated/α-hetero) is 1. The molecule has 12 heavy (non-hydrogen) atoms. The molecule has 0 bridgehead atoms. The Kier molecular flexibility index (Phi) is 4.33. The van der Waals surface area contributed by atoms with Crippen molar-refractivity contribution in [2.75, 3.05) is 0 Å². The molecule has 5 nitrogen and oxygen atoms in total. The fourth-order valence-corrected chi connectivity index (χ4v) is 0.713. The van der Waals surface area contributed by atoms with E-state index < -0.39 is 30.2 Å². The molecule has 4 N–H and O–H groups in total. The molecule has 0 rings (SSSR count). The Morgan fingerprint density at radius 3 is 1.75 bits per heavy atom. The third-order valence-corrected chi connectivity index (χ3v) is 1.58. The quantitative estimate of drug-likeness (QED) is 0.400. The van der Waals surface area contributed by atoms with Crippen LogP contribution in [-0.4, -0.2) is 50.6 Å². The van der Waals surface area contributed by atoms with Crippen LogP contribution in [0, 0.1) is 0 Å². The van der Waals surface area contributed by atoms with E-state index in [9.17, 15) is 4.79 Å². The lowest BCUT2D eigenvalue weighted by molar-refractivity contribution is -0.141. The summed E-state index contributed by atoms with van der Waals surface area (Å²) in [6.45, 7) is 2.34. The van der Waals surface area contributed by atoms with Crippen LogP contribution in [0.3, 0.4) is 0 Å². The Labute approximate surface area is 70.3 Å². The van der Waals surface area contributed by atoms with E-state index in [4.69, 9.17) is 20.4 Å². The summed E-state index contributed by atoms with van der Waals surface area (Å²) < 4.78 is 0. The van der Waals surface area contributed by atoms with E-state index in [2.05, 4.69) is 0 Å². The summed E-state index contributed by atoms with van der Waals surface area (Å²) in [4.78, 5) is 10.5. The van der Waals surface area contributed by atoms with E-state index in [-0.39, 0.29) is 0 Å². The molecular weight excluding hydrogens is 164 g/mol. The van der Waals surface area contributed by atoms with E-state index in [0.717, 1.165) is 6.92 Å². The van der Waals surface area contributed by atoms with Gasteiger partial charge in [0.1, 0.15) is 18.3 Å². The largest absolute Gasteiger partial charge is 0.391 e. The normalized spacial score (nSPS) is 21.2. The van der Waals surface area contributed by atoms with Crippen molar-refractivity contribution in [3.63, 3.8) is 0 Å². The average molecular weight is 178 g/mol. The summed E-state index contributed by atoms with van der Waals surface area (Å²) in [5, 5.41) is 35.8. The van der Waals surface area contributed by atoms with Crippen molar-refractivity contribution in [3.05, 3.63) is 0 Å². The van der Waals surface area contributed by atoms with Crippen LogP contribution in [-0.2, 0) is 4.79 Å². The molecule has 0 amide bonds. The van der Waals surface area contributed by atoms with E-state index in [0.29, 0.717) is 0 Å². The Morgan fingerprint density at radius 1 is 1.08 bits per heavy atom. The number of hydrogen-bond donors (Lipinski definition) is 4. The molecule has 0 aromatic heterocycles. The molecule has 0 saturated heterocycles. The van der Waals surface area contributed by atoms with Gasteiger partial charge in [0.05, 0.1) is 6.10 Å². The van der Waals surface area contributed by atoms with Crippen molar-refractivity contribution in [2.45, 2.75) is 38.3 Å². The number of ketones is 1. The molecule has 0 aliphatic rings. The molecule has 72 valence electrons. The van der Waals surface area contributed by atoms with Crippen LogP contribution in [0.25, 0.3) is 0 Å². The second-order valence-corrected chi connectivity index (χ2v) is 2.78. The maximum Gasteiger partial charge on any atom is 0.160 e. The van der Waals surface area contributed by atoms with E-state index in [1.54, 1.807) is 0 Å². The van der Waals surface area contributed by atoms with Crippen molar-refractivity contribution in [1.29, 1.82) is 0 Å². The SMILES string of the molecule is CC(=O)[C@H](O)[C@H](O)[C@@H](O)[C@@H](C)O. The molecule has 5 heteroatoms. The maximum absolute atomic E-state index is 10.5. The molecule has 0 aliphatic carbocycles. The minimum Gasteiger partial charge on any atom is -0.391 e. The average Bonchev–Trinajstić information content (AvgIpc) is 2.00. The summed E-state index contributed by atoms with van der Waals surface area (Å²) in [5.41, 5.74) is 0. The summed E-state index contributed by atoms with van der Waals surface area (Å²) in [5.74, 6) is -0.651. The van der Waals surface area contributed by atoms with Gasteiger partial charge in [-0.05, 0) is 13.8 Å². The first kappa shape index (κ1) is 11.5. The number of aliphatic hydroxyl groups excluding tert-OH is 4. The summed E-state index contributed by atoms with van der Waals surface area (Å²) >= 11 is 0. The van der Waals surface area contributed by atoms with Crippen LogP contribution in [0.1, 0.15) is 13.8 Å². The number of carbonyl (C=O) groups excluding carboxylic acids is 1. The Hall–Kier alpha value is -0.490. The predicted octanol–water partition coefficient (Wildman–Crippen LogP) is -1.96. The van der Waals surface area contributed by atoms with Crippen LogP contribution < -0.4 is 0 Å². The van der Waals surface area contributed by atoms with Crippen molar-refractivity contribution in [3.8, 4) is 0 Å². The third-order valence-electron chi connectivity index (χ3n) is 1.58. The smallest absolute Gasteiger partial charge is 0.160 e. The van der Waals surface area contributed by atoms with Gasteiger partial charge in [-0.15, -0.1) is 0 Å². The Bertz CT molecular complexity index is 156. The molecule has 4 atom stereocenters. The first-order valence-corrected chi connectivity index (χ1v) is 3.60. The van der Waals surface area contributed by atoms with Crippen LogP contribution in [0.4, 0.5) is 0 Å². The van der Waals surface area contributed by atoms with Crippen molar-refractivity contribution >= 4 is 5.78 Å². The zero-order chi connectivity index (χ0) is 9.89. The fourth-order valence-electron chi connectivity index (χ4n) is 0.713. The number of rotatable bonds is 4. The van der Waals surface area contributed by atoms with Gasteiger partial charge >= 0.3 is 0 Å². The summed E-state index contributed by atoms with van der Waals surface area (Å²) in [7, 11) is 0. The predicted molar refractivity (Wildman–Crippen MR) is 40.4 cm³/mol. The lowest BCUT2D eigenvalue weighted by Gasteiger charge is -2.22. The standard InChI is InChI=1S/C7H14O5/c1-3(8)5(10)7(12)6(11)4(2)9/h3,5-8,10-12H,1-2H3/t3-,5+,6+,7-/m1/s1. The van der Waals surface area contributed by atoms with Gasteiger partial charge in [0.2, 0.25) is 0 Å². The molecule has 0 aromatic rings. The molecule has 0 spiro atoms. The van der Waals surface area contributed by atoms with Gasteiger partial charge in [0, 0.05) is 0 Å². The van der Waals surface area contributed by atoms with Gasteiger partial charge in [-0.3, -0.25) is 4.79 Å². The second-order valence-electron chi connectivity index (χ2n) is 2.78.